The molecule has 0 unspecified atom stereocenters. The zero-order chi connectivity index (χ0) is 43.5. The van der Waals surface area contributed by atoms with E-state index in [4.69, 9.17) is 14.5 Å². The van der Waals surface area contributed by atoms with Crippen LogP contribution in [0.1, 0.15) is 97.3 Å². The number of carbonyl (C=O) groups excluding carboxylic acids is 4. The van der Waals surface area contributed by atoms with Gasteiger partial charge in [-0.3, -0.25) is 9.59 Å². The Bertz CT molecular complexity index is 2560. The fourth-order valence-corrected chi connectivity index (χ4v) is 8.73. The number of hydrogen-bond donors (Lipinski definition) is 4. The van der Waals surface area contributed by atoms with Crippen LogP contribution in [-0.4, -0.2) is 87.1 Å². The molecule has 320 valence electrons. The molecule has 1 aliphatic carbocycles. The van der Waals surface area contributed by atoms with Crippen LogP contribution < -0.4 is 10.6 Å². The molecule has 2 aromatic heterocycles. The quantitative estimate of drug-likeness (QED) is 0.116. The molecular formula is C47H49FN8O6. The summed E-state index contributed by atoms with van der Waals surface area (Å²) in [4.78, 5) is 71.7. The number of likely N-dealkylation sites (tertiary alicyclic amines) is 2. The van der Waals surface area contributed by atoms with E-state index in [-0.39, 0.29) is 35.4 Å². The van der Waals surface area contributed by atoms with Gasteiger partial charge in [0, 0.05) is 29.8 Å². The summed E-state index contributed by atoms with van der Waals surface area (Å²) in [5, 5.41) is 5.38. The Hall–Kier alpha value is -6.95. The first-order chi connectivity index (χ1) is 30.0. The third kappa shape index (κ3) is 8.50. The van der Waals surface area contributed by atoms with E-state index in [1.807, 2.05) is 43.0 Å². The van der Waals surface area contributed by atoms with Crippen molar-refractivity contribution in [2.45, 2.75) is 76.5 Å². The van der Waals surface area contributed by atoms with Crippen LogP contribution in [0.2, 0.25) is 0 Å². The van der Waals surface area contributed by atoms with Gasteiger partial charge in [-0.2, -0.15) is 0 Å². The van der Waals surface area contributed by atoms with Crippen LogP contribution in [0.25, 0.3) is 22.5 Å². The van der Waals surface area contributed by atoms with Crippen molar-refractivity contribution in [3.05, 3.63) is 118 Å². The molecule has 5 aromatic rings. The number of nitrogens with one attached hydrogen (secondary N) is 4. The number of carbonyl (C=O) groups is 4. The first kappa shape index (κ1) is 41.8. The van der Waals surface area contributed by atoms with E-state index in [2.05, 4.69) is 37.4 Å². The lowest BCUT2D eigenvalue weighted by Gasteiger charge is -2.30. The van der Waals surface area contributed by atoms with Crippen LogP contribution in [0.15, 0.2) is 72.9 Å². The summed E-state index contributed by atoms with van der Waals surface area (Å²) in [6.45, 7) is 4.85. The number of nitrogens with zero attached hydrogens (tertiary/aromatic N) is 4. The van der Waals surface area contributed by atoms with Gasteiger partial charge < -0.3 is 39.9 Å². The summed E-state index contributed by atoms with van der Waals surface area (Å²) < 4.78 is 25.2. The largest absolute Gasteiger partial charge is 0.453 e. The lowest BCUT2D eigenvalue weighted by molar-refractivity contribution is -0.135. The number of methoxy groups -OCH3 is 2. The second-order valence-corrected chi connectivity index (χ2v) is 16.2. The molecule has 14 nitrogen and oxygen atoms in total. The Morgan fingerprint density at radius 3 is 2.24 bits per heavy atom. The number of hydrogen-bond acceptors (Lipinski definition) is 8. The Kier molecular flexibility index (Phi) is 12.1. The second kappa shape index (κ2) is 18.0. The Morgan fingerprint density at radius 1 is 0.823 bits per heavy atom. The Morgan fingerprint density at radius 2 is 1.53 bits per heavy atom. The standard InChI is InChI=1S/C47H49FN8O6/c1-27(2)39(53-46(59)61-3)44(57)56-23-9-13-38(56)43-50-35-21-19-31-24-28(15-20-33(31)41(35)52-43)14-16-29-17-18-32(25-34(29)48)36-26-49-42(51-36)37-12-8-22-55(37)45(58)40(54-47(60)62-4)30-10-6-5-7-11-30/h5-7,10-11,15,17-18,20,24-27,37-40H,8-9,12-13,19,21-23H2,1-4H3,(H,49,51)(H,50,52)(H,53,59)(H,54,60)/t37-,38-,39-,40+/m0/s1. The number of rotatable bonds is 9. The fourth-order valence-electron chi connectivity index (χ4n) is 8.73. The number of H-pyrrole nitrogens is 2. The predicted octanol–water partition coefficient (Wildman–Crippen LogP) is 6.91. The SMILES string of the molecule is COC(=O)N[C@H](C(=O)N1CCC[C@H]1c1nc2c([nH]1)-c1ccc(C#Cc3ccc(-c4cnc([C@@H]5CCCN5C(=O)[C@H](NC(=O)OC)c5ccccc5)[nH]4)cc3F)cc1CC2)C(C)C. The van der Waals surface area contributed by atoms with Crippen molar-refractivity contribution < 1.29 is 33.0 Å². The maximum atomic E-state index is 15.6. The number of aromatic nitrogens is 4. The summed E-state index contributed by atoms with van der Waals surface area (Å²) in [6.07, 6.45) is 4.79. The highest BCUT2D eigenvalue weighted by molar-refractivity contribution is 5.88. The van der Waals surface area contributed by atoms with E-state index >= 15 is 4.39 Å². The number of amides is 4. The molecule has 4 amide bonds. The summed E-state index contributed by atoms with van der Waals surface area (Å²) in [6, 6.07) is 17.6. The Labute approximate surface area is 359 Å². The van der Waals surface area contributed by atoms with Gasteiger partial charge in [-0.25, -0.2) is 23.9 Å². The van der Waals surface area contributed by atoms with Gasteiger partial charge in [0.05, 0.1) is 55.1 Å². The van der Waals surface area contributed by atoms with Gasteiger partial charge in [-0.1, -0.05) is 68.2 Å². The van der Waals surface area contributed by atoms with E-state index in [0.29, 0.717) is 42.2 Å². The predicted molar refractivity (Wildman–Crippen MR) is 228 cm³/mol. The smallest absolute Gasteiger partial charge is 0.407 e. The van der Waals surface area contributed by atoms with Gasteiger partial charge >= 0.3 is 12.2 Å². The van der Waals surface area contributed by atoms with Gasteiger partial charge in [0.25, 0.3) is 5.91 Å². The molecule has 2 fully saturated rings. The molecule has 2 saturated heterocycles. The van der Waals surface area contributed by atoms with Crippen molar-refractivity contribution in [3.8, 4) is 34.4 Å². The number of alkyl carbamates (subject to hydrolysis) is 2. The molecule has 62 heavy (non-hydrogen) atoms. The van der Waals surface area contributed by atoms with E-state index in [9.17, 15) is 19.2 Å². The monoisotopic (exact) mass is 840 g/mol. The molecule has 0 spiro atoms. The third-order valence-electron chi connectivity index (χ3n) is 11.9. The highest BCUT2D eigenvalue weighted by atomic mass is 19.1. The van der Waals surface area contributed by atoms with Crippen molar-refractivity contribution >= 4 is 24.0 Å². The molecular weight excluding hydrogens is 792 g/mol. The number of aromatic amines is 2. The normalized spacial score (nSPS) is 17.6. The molecule has 4 heterocycles. The van der Waals surface area contributed by atoms with Crippen molar-refractivity contribution in [3.63, 3.8) is 0 Å². The first-order valence-electron chi connectivity index (χ1n) is 21.0. The van der Waals surface area contributed by atoms with Crippen LogP contribution >= 0.6 is 0 Å². The molecule has 4 N–H and O–H groups in total. The molecule has 4 atom stereocenters. The molecule has 15 heteroatoms. The van der Waals surface area contributed by atoms with Crippen LogP contribution in [0.4, 0.5) is 14.0 Å². The second-order valence-electron chi connectivity index (χ2n) is 16.2. The molecule has 3 aliphatic rings. The first-order valence-corrected chi connectivity index (χ1v) is 21.0. The fraction of sp³-hybridized carbons (Fsp3) is 0.362. The summed E-state index contributed by atoms with van der Waals surface area (Å²) in [5.41, 5.74) is 6.83. The van der Waals surface area contributed by atoms with Gasteiger partial charge in [0.1, 0.15) is 29.5 Å². The number of ether oxygens (including phenoxy) is 2. The lowest BCUT2D eigenvalue weighted by atomic mass is 9.91. The minimum atomic E-state index is -0.934. The van der Waals surface area contributed by atoms with Crippen molar-refractivity contribution in [2.75, 3.05) is 27.3 Å². The number of benzene rings is 3. The maximum Gasteiger partial charge on any atom is 0.407 e. The van der Waals surface area contributed by atoms with Crippen LogP contribution in [0.5, 0.6) is 0 Å². The van der Waals surface area contributed by atoms with E-state index < -0.39 is 30.1 Å². The highest BCUT2D eigenvalue weighted by Gasteiger charge is 2.39. The van der Waals surface area contributed by atoms with Crippen molar-refractivity contribution in [2.24, 2.45) is 5.92 Å². The van der Waals surface area contributed by atoms with E-state index in [0.717, 1.165) is 66.0 Å². The molecule has 0 bridgehead atoms. The number of fused-ring (bicyclic) bond motifs is 3. The summed E-state index contributed by atoms with van der Waals surface area (Å²) >= 11 is 0. The topological polar surface area (TPSA) is 175 Å². The molecule has 3 aromatic carbocycles. The number of imidazole rings is 2. The highest BCUT2D eigenvalue weighted by Crippen LogP contribution is 2.38. The summed E-state index contributed by atoms with van der Waals surface area (Å²) in [7, 11) is 2.54. The van der Waals surface area contributed by atoms with Crippen molar-refractivity contribution in [1.29, 1.82) is 0 Å². The minimum Gasteiger partial charge on any atom is -0.453 e. The van der Waals surface area contributed by atoms with E-state index in [1.54, 1.807) is 47.5 Å². The third-order valence-corrected chi connectivity index (χ3v) is 11.9. The molecule has 0 saturated carbocycles. The van der Waals surface area contributed by atoms with Gasteiger partial charge in [0.2, 0.25) is 5.91 Å². The van der Waals surface area contributed by atoms with Gasteiger partial charge in [-0.15, -0.1) is 0 Å². The van der Waals surface area contributed by atoms with Crippen LogP contribution in [-0.2, 0) is 31.9 Å². The Balaban J connectivity index is 0.950. The average Bonchev–Trinajstić information content (AvgIpc) is 4.13. The van der Waals surface area contributed by atoms with Gasteiger partial charge in [0.15, 0.2) is 0 Å². The van der Waals surface area contributed by atoms with Crippen LogP contribution in [0.3, 0.4) is 0 Å². The number of halogens is 1. The van der Waals surface area contributed by atoms with Crippen LogP contribution in [0, 0.1) is 23.6 Å². The van der Waals surface area contributed by atoms with E-state index in [1.165, 1.54) is 20.3 Å². The zero-order valence-electron chi connectivity index (χ0n) is 35.1. The minimum absolute atomic E-state index is 0.126. The summed E-state index contributed by atoms with van der Waals surface area (Å²) in [5.74, 6) is 6.43. The molecule has 0 radical (unpaired) electrons. The lowest BCUT2D eigenvalue weighted by Crippen LogP contribution is -2.51. The maximum absolute atomic E-state index is 15.6. The van der Waals surface area contributed by atoms with Gasteiger partial charge in [-0.05, 0) is 79.8 Å². The number of aryl methyl sites for hydroxylation is 2. The van der Waals surface area contributed by atoms with Crippen molar-refractivity contribution in [1.82, 2.24) is 40.4 Å². The zero-order valence-corrected chi connectivity index (χ0v) is 35.1. The molecule has 2 aliphatic heterocycles. The average molecular weight is 841 g/mol. The molecule has 8 rings (SSSR count).